The summed E-state index contributed by atoms with van der Waals surface area (Å²) >= 11 is 0. The molecular formula is C18H33N7O. The molecule has 1 amide bonds. The Kier molecular flexibility index (Phi) is 7.41. The Hall–Kier alpha value is -2.12. The van der Waals surface area contributed by atoms with Crippen LogP contribution < -0.4 is 16.0 Å². The number of fused-ring (bicyclic) bond motifs is 1. The molecule has 0 aromatic carbocycles. The highest BCUT2D eigenvalue weighted by atomic mass is 16.2. The van der Waals surface area contributed by atoms with E-state index in [0.29, 0.717) is 5.96 Å². The van der Waals surface area contributed by atoms with Crippen molar-refractivity contribution in [1.82, 2.24) is 30.7 Å². The van der Waals surface area contributed by atoms with E-state index < -0.39 is 0 Å². The lowest BCUT2D eigenvalue weighted by Crippen LogP contribution is -2.48. The Morgan fingerprint density at radius 2 is 2.00 bits per heavy atom. The van der Waals surface area contributed by atoms with E-state index in [-0.39, 0.29) is 18.0 Å². The smallest absolute Gasteiger partial charge is 0.239 e. The van der Waals surface area contributed by atoms with Crippen molar-refractivity contribution in [3.05, 3.63) is 11.6 Å². The second kappa shape index (κ2) is 9.54. The minimum Gasteiger partial charge on any atom is -0.356 e. The molecule has 0 aliphatic carbocycles. The Bertz CT molecular complexity index is 616. The van der Waals surface area contributed by atoms with Crippen LogP contribution in [-0.2, 0) is 24.2 Å². The van der Waals surface area contributed by atoms with E-state index in [1.165, 1.54) is 19.3 Å². The van der Waals surface area contributed by atoms with Crippen molar-refractivity contribution < 1.29 is 4.79 Å². The minimum atomic E-state index is -0.230. The zero-order chi connectivity index (χ0) is 19.0. The maximum Gasteiger partial charge on any atom is 0.239 e. The summed E-state index contributed by atoms with van der Waals surface area (Å²) in [6.45, 7) is 7.89. The van der Waals surface area contributed by atoms with Gasteiger partial charge in [-0.25, -0.2) is 0 Å². The van der Waals surface area contributed by atoms with E-state index in [0.717, 1.165) is 44.0 Å². The van der Waals surface area contributed by atoms with Crippen molar-refractivity contribution in [1.29, 1.82) is 0 Å². The van der Waals surface area contributed by atoms with Crippen LogP contribution in [0.25, 0.3) is 0 Å². The number of hydrogen-bond donors (Lipinski definition) is 3. The summed E-state index contributed by atoms with van der Waals surface area (Å²) in [6, 6.07) is 0. The second-order valence-electron chi connectivity index (χ2n) is 7.75. The van der Waals surface area contributed by atoms with Gasteiger partial charge >= 0.3 is 0 Å². The standard InChI is InChI=1S/C18H33N7O/c1-18(2,3)22-16(26)13-21-17(19-4)20-11-8-10-15-24-23-14-9-6-5-7-12-25(14)15/h5-13H2,1-4H3,(H,22,26)(H2,19,20,21). The molecule has 0 spiro atoms. The summed E-state index contributed by atoms with van der Waals surface area (Å²) in [5.41, 5.74) is -0.230. The number of nitrogens with zero attached hydrogens (tertiary/aromatic N) is 4. The van der Waals surface area contributed by atoms with Crippen molar-refractivity contribution >= 4 is 11.9 Å². The lowest BCUT2D eigenvalue weighted by molar-refractivity contribution is -0.121. The van der Waals surface area contributed by atoms with Crippen LogP contribution in [0.1, 0.15) is 58.1 Å². The first-order chi connectivity index (χ1) is 12.4. The number of rotatable bonds is 6. The highest BCUT2D eigenvalue weighted by Crippen LogP contribution is 2.15. The quantitative estimate of drug-likeness (QED) is 0.398. The van der Waals surface area contributed by atoms with Gasteiger partial charge < -0.3 is 20.5 Å². The van der Waals surface area contributed by atoms with Gasteiger partial charge in [0.15, 0.2) is 5.96 Å². The first-order valence-corrected chi connectivity index (χ1v) is 9.55. The van der Waals surface area contributed by atoms with Gasteiger partial charge in [0.05, 0.1) is 6.54 Å². The summed E-state index contributed by atoms with van der Waals surface area (Å²) in [7, 11) is 1.70. The number of guanidine groups is 1. The molecular weight excluding hydrogens is 330 g/mol. The Morgan fingerprint density at radius 3 is 2.73 bits per heavy atom. The van der Waals surface area contributed by atoms with Gasteiger partial charge in [-0.05, 0) is 40.0 Å². The zero-order valence-electron chi connectivity index (χ0n) is 16.6. The number of aliphatic imine (C=N–C) groups is 1. The molecule has 26 heavy (non-hydrogen) atoms. The molecule has 0 radical (unpaired) electrons. The van der Waals surface area contributed by atoms with E-state index in [9.17, 15) is 4.79 Å². The zero-order valence-corrected chi connectivity index (χ0v) is 16.6. The number of aromatic nitrogens is 3. The summed E-state index contributed by atoms with van der Waals surface area (Å²) in [6.07, 6.45) is 6.57. The Labute approximate surface area is 156 Å². The average molecular weight is 364 g/mol. The molecule has 1 aromatic heterocycles. The summed E-state index contributed by atoms with van der Waals surface area (Å²) < 4.78 is 2.29. The third-order valence-electron chi connectivity index (χ3n) is 4.21. The van der Waals surface area contributed by atoms with Gasteiger partial charge in [0.1, 0.15) is 11.6 Å². The van der Waals surface area contributed by atoms with Crippen LogP contribution in [0.15, 0.2) is 4.99 Å². The van der Waals surface area contributed by atoms with Crippen molar-refractivity contribution in [2.75, 3.05) is 20.1 Å². The molecule has 1 aliphatic heterocycles. The molecule has 8 heteroatoms. The predicted octanol–water partition coefficient (Wildman–Crippen LogP) is 1.02. The molecule has 0 bridgehead atoms. The Morgan fingerprint density at radius 1 is 1.19 bits per heavy atom. The first kappa shape index (κ1) is 20.2. The van der Waals surface area contributed by atoms with E-state index in [4.69, 9.17) is 0 Å². The van der Waals surface area contributed by atoms with Gasteiger partial charge in [-0.2, -0.15) is 0 Å². The molecule has 0 fully saturated rings. The fraction of sp³-hybridized carbons (Fsp3) is 0.778. The third kappa shape index (κ3) is 6.65. The topological polar surface area (TPSA) is 96.2 Å². The molecule has 0 saturated heterocycles. The summed E-state index contributed by atoms with van der Waals surface area (Å²) in [4.78, 5) is 16.0. The van der Waals surface area contributed by atoms with E-state index in [1.54, 1.807) is 7.05 Å². The number of amides is 1. The van der Waals surface area contributed by atoms with Gasteiger partial charge in [-0.1, -0.05) is 6.42 Å². The molecule has 3 N–H and O–H groups in total. The van der Waals surface area contributed by atoms with Gasteiger partial charge in [-0.3, -0.25) is 9.79 Å². The molecule has 0 unspecified atom stereocenters. The summed E-state index contributed by atoms with van der Waals surface area (Å²) in [5, 5.41) is 17.9. The maximum absolute atomic E-state index is 11.9. The molecule has 146 valence electrons. The number of carbonyl (C=O) groups is 1. The average Bonchev–Trinajstić information content (AvgIpc) is 2.79. The van der Waals surface area contributed by atoms with E-state index in [2.05, 4.69) is 35.7 Å². The molecule has 8 nitrogen and oxygen atoms in total. The predicted molar refractivity (Wildman–Crippen MR) is 103 cm³/mol. The lowest BCUT2D eigenvalue weighted by Gasteiger charge is -2.21. The van der Waals surface area contributed by atoms with Gasteiger partial charge in [0.2, 0.25) is 5.91 Å². The lowest BCUT2D eigenvalue weighted by atomic mass is 10.1. The monoisotopic (exact) mass is 363 g/mol. The highest BCUT2D eigenvalue weighted by molar-refractivity contribution is 5.86. The largest absolute Gasteiger partial charge is 0.356 e. The highest BCUT2D eigenvalue weighted by Gasteiger charge is 2.15. The SMILES string of the molecule is CN=C(NCCCc1nnc2n1CCCCC2)NCC(=O)NC(C)(C)C. The first-order valence-electron chi connectivity index (χ1n) is 9.55. The van der Waals surface area contributed by atoms with Crippen molar-refractivity contribution in [3.8, 4) is 0 Å². The van der Waals surface area contributed by atoms with Gasteiger partial charge in [-0.15, -0.1) is 10.2 Å². The molecule has 2 heterocycles. The molecule has 2 rings (SSSR count). The molecule has 0 saturated carbocycles. The van der Waals surface area contributed by atoms with Crippen LogP contribution in [0, 0.1) is 0 Å². The van der Waals surface area contributed by atoms with Crippen LogP contribution >= 0.6 is 0 Å². The van der Waals surface area contributed by atoms with Crippen molar-refractivity contribution in [2.24, 2.45) is 4.99 Å². The van der Waals surface area contributed by atoms with Crippen molar-refractivity contribution in [3.63, 3.8) is 0 Å². The number of nitrogens with one attached hydrogen (secondary N) is 3. The van der Waals surface area contributed by atoms with Crippen LogP contribution in [0.2, 0.25) is 0 Å². The van der Waals surface area contributed by atoms with Gasteiger partial charge in [0.25, 0.3) is 0 Å². The van der Waals surface area contributed by atoms with Crippen LogP contribution in [-0.4, -0.2) is 52.3 Å². The summed E-state index contributed by atoms with van der Waals surface area (Å²) in [5.74, 6) is 2.80. The number of aryl methyl sites for hydroxylation is 2. The van der Waals surface area contributed by atoms with Crippen LogP contribution in [0.4, 0.5) is 0 Å². The van der Waals surface area contributed by atoms with E-state index >= 15 is 0 Å². The Balaban J connectivity index is 1.70. The molecule has 0 atom stereocenters. The fourth-order valence-corrected chi connectivity index (χ4v) is 3.03. The number of carbonyl (C=O) groups excluding carboxylic acids is 1. The second-order valence-corrected chi connectivity index (χ2v) is 7.75. The van der Waals surface area contributed by atoms with E-state index in [1.807, 2.05) is 20.8 Å². The van der Waals surface area contributed by atoms with Crippen molar-refractivity contribution in [2.45, 2.75) is 71.4 Å². The molecule has 1 aliphatic rings. The third-order valence-corrected chi connectivity index (χ3v) is 4.21. The normalized spacial score (nSPS) is 15.2. The molecule has 1 aromatic rings. The maximum atomic E-state index is 11.9. The van der Waals surface area contributed by atoms with Crippen LogP contribution in [0.5, 0.6) is 0 Å². The minimum absolute atomic E-state index is 0.0494. The van der Waals surface area contributed by atoms with Crippen LogP contribution in [0.3, 0.4) is 0 Å². The van der Waals surface area contributed by atoms with Gasteiger partial charge in [0, 0.05) is 38.5 Å². The number of hydrogen-bond acceptors (Lipinski definition) is 4. The fourth-order valence-electron chi connectivity index (χ4n) is 3.03.